The average molecular weight is 704 g/mol. The monoisotopic (exact) mass is 703 g/mol. The minimum atomic E-state index is 0.900. The fraction of sp³-hybridized carbons (Fsp3) is 0. The van der Waals surface area contributed by atoms with Gasteiger partial charge in [-0.05, 0) is 99.3 Å². The SMILES string of the molecule is c1ccc(-c2ccc(N(c3ccc(-c4ccc5oc6ccc7ccccc7c6c5c4)cc3)c3ccc(-c4cccc5c4oc4ccccc45)cc3)cc2)cc1. The number of fused-ring (bicyclic) bond motifs is 8. The summed E-state index contributed by atoms with van der Waals surface area (Å²) in [6.07, 6.45) is 0. The molecular weight excluding hydrogens is 671 g/mol. The van der Waals surface area contributed by atoms with Gasteiger partial charge in [0.05, 0.1) is 0 Å². The van der Waals surface area contributed by atoms with E-state index in [1.165, 1.54) is 21.9 Å². The van der Waals surface area contributed by atoms with Gasteiger partial charge in [-0.1, -0.05) is 140 Å². The maximum Gasteiger partial charge on any atom is 0.143 e. The molecule has 0 atom stereocenters. The van der Waals surface area contributed by atoms with E-state index in [9.17, 15) is 0 Å². The predicted molar refractivity (Wildman–Crippen MR) is 229 cm³/mol. The van der Waals surface area contributed by atoms with Gasteiger partial charge in [0.15, 0.2) is 0 Å². The Morgan fingerprint density at radius 3 is 1.60 bits per heavy atom. The highest BCUT2D eigenvalue weighted by Crippen LogP contribution is 2.41. The maximum absolute atomic E-state index is 6.39. The molecule has 0 bridgehead atoms. The van der Waals surface area contributed by atoms with Crippen molar-refractivity contribution in [2.75, 3.05) is 4.90 Å². The number of anilines is 3. The normalized spacial score (nSPS) is 11.6. The zero-order valence-electron chi connectivity index (χ0n) is 29.8. The summed E-state index contributed by atoms with van der Waals surface area (Å²) in [7, 11) is 0. The molecule has 0 N–H and O–H groups in total. The van der Waals surface area contributed by atoms with Crippen LogP contribution in [0.3, 0.4) is 0 Å². The van der Waals surface area contributed by atoms with Crippen LogP contribution in [0.2, 0.25) is 0 Å². The highest BCUT2D eigenvalue weighted by Gasteiger charge is 2.17. The van der Waals surface area contributed by atoms with Crippen LogP contribution in [-0.2, 0) is 0 Å². The van der Waals surface area contributed by atoms with Gasteiger partial charge >= 0.3 is 0 Å². The summed E-state index contributed by atoms with van der Waals surface area (Å²) >= 11 is 0. The van der Waals surface area contributed by atoms with Gasteiger partial charge in [-0.25, -0.2) is 0 Å². The molecule has 2 heterocycles. The van der Waals surface area contributed by atoms with E-state index in [1.807, 2.05) is 12.1 Å². The molecule has 2 aromatic heterocycles. The summed E-state index contributed by atoms with van der Waals surface area (Å²) < 4.78 is 12.7. The zero-order chi connectivity index (χ0) is 36.3. The van der Waals surface area contributed by atoms with Gasteiger partial charge < -0.3 is 13.7 Å². The molecule has 0 spiro atoms. The first-order valence-corrected chi connectivity index (χ1v) is 18.7. The highest BCUT2D eigenvalue weighted by molar-refractivity contribution is 6.19. The first kappa shape index (κ1) is 31.2. The second-order valence-electron chi connectivity index (χ2n) is 14.1. The van der Waals surface area contributed by atoms with Gasteiger partial charge in [-0.2, -0.15) is 0 Å². The van der Waals surface area contributed by atoms with Gasteiger partial charge in [0.2, 0.25) is 0 Å². The minimum absolute atomic E-state index is 0.900. The van der Waals surface area contributed by atoms with Crippen molar-refractivity contribution in [1.29, 1.82) is 0 Å². The number of para-hydroxylation sites is 2. The molecule has 55 heavy (non-hydrogen) atoms. The van der Waals surface area contributed by atoms with Crippen LogP contribution in [0.15, 0.2) is 209 Å². The second kappa shape index (κ2) is 12.6. The Morgan fingerprint density at radius 1 is 0.309 bits per heavy atom. The summed E-state index contributed by atoms with van der Waals surface area (Å²) in [6, 6.07) is 71.0. The Balaban J connectivity index is 0.988. The molecule has 11 aromatic rings. The topological polar surface area (TPSA) is 29.5 Å². The van der Waals surface area contributed by atoms with Crippen LogP contribution in [0.4, 0.5) is 17.1 Å². The Bertz CT molecular complexity index is 3170. The lowest BCUT2D eigenvalue weighted by molar-refractivity contribution is 0.669. The highest BCUT2D eigenvalue weighted by atomic mass is 16.3. The van der Waals surface area contributed by atoms with E-state index >= 15 is 0 Å². The van der Waals surface area contributed by atoms with Crippen LogP contribution < -0.4 is 4.90 Å². The van der Waals surface area contributed by atoms with Crippen LogP contribution in [0.25, 0.3) is 88.0 Å². The summed E-state index contributed by atoms with van der Waals surface area (Å²) in [5.74, 6) is 0. The largest absolute Gasteiger partial charge is 0.456 e. The van der Waals surface area contributed by atoms with Crippen molar-refractivity contribution >= 4 is 71.7 Å². The molecule has 0 saturated carbocycles. The van der Waals surface area contributed by atoms with Crippen molar-refractivity contribution in [3.63, 3.8) is 0 Å². The maximum atomic E-state index is 6.39. The Hall–Kier alpha value is -7.36. The molecule has 0 amide bonds. The molecule has 3 heteroatoms. The summed E-state index contributed by atoms with van der Waals surface area (Å²) in [6.45, 7) is 0. The smallest absolute Gasteiger partial charge is 0.143 e. The lowest BCUT2D eigenvalue weighted by atomic mass is 9.99. The molecule has 258 valence electrons. The molecule has 0 radical (unpaired) electrons. The van der Waals surface area contributed by atoms with Crippen molar-refractivity contribution in [3.8, 4) is 33.4 Å². The quantitative estimate of drug-likeness (QED) is 0.173. The Labute approximate surface area is 317 Å². The number of benzene rings is 9. The molecule has 0 aliphatic carbocycles. The van der Waals surface area contributed by atoms with Crippen LogP contribution in [0.5, 0.6) is 0 Å². The van der Waals surface area contributed by atoms with Gasteiger partial charge in [0.25, 0.3) is 0 Å². The van der Waals surface area contributed by atoms with E-state index in [1.54, 1.807) is 0 Å². The number of nitrogens with zero attached hydrogens (tertiary/aromatic N) is 1. The van der Waals surface area contributed by atoms with Gasteiger partial charge in [-0.15, -0.1) is 0 Å². The van der Waals surface area contributed by atoms with Crippen LogP contribution in [0.1, 0.15) is 0 Å². The first-order chi connectivity index (χ1) is 27.2. The van der Waals surface area contributed by atoms with Crippen molar-refractivity contribution < 1.29 is 8.83 Å². The van der Waals surface area contributed by atoms with E-state index in [2.05, 4.69) is 193 Å². The zero-order valence-corrected chi connectivity index (χ0v) is 29.8. The fourth-order valence-electron chi connectivity index (χ4n) is 8.18. The van der Waals surface area contributed by atoms with E-state index in [0.717, 1.165) is 83.2 Å². The second-order valence-corrected chi connectivity index (χ2v) is 14.1. The van der Waals surface area contributed by atoms with E-state index in [-0.39, 0.29) is 0 Å². The molecule has 0 unspecified atom stereocenters. The van der Waals surface area contributed by atoms with E-state index in [4.69, 9.17) is 8.83 Å². The van der Waals surface area contributed by atoms with E-state index < -0.39 is 0 Å². The number of furan rings is 2. The molecule has 3 nitrogen and oxygen atoms in total. The van der Waals surface area contributed by atoms with Crippen molar-refractivity contribution in [3.05, 3.63) is 200 Å². The van der Waals surface area contributed by atoms with Crippen molar-refractivity contribution in [2.24, 2.45) is 0 Å². The Kier molecular flexibility index (Phi) is 7.17. The van der Waals surface area contributed by atoms with Crippen LogP contribution >= 0.6 is 0 Å². The van der Waals surface area contributed by atoms with Gasteiger partial charge in [0.1, 0.15) is 22.3 Å². The molecule has 0 aliphatic heterocycles. The molecule has 0 fully saturated rings. The summed E-state index contributed by atoms with van der Waals surface area (Å²) in [4.78, 5) is 2.32. The van der Waals surface area contributed by atoms with Gasteiger partial charge in [-0.3, -0.25) is 0 Å². The van der Waals surface area contributed by atoms with Crippen LogP contribution in [-0.4, -0.2) is 0 Å². The molecular formula is C52H33NO2. The van der Waals surface area contributed by atoms with Crippen molar-refractivity contribution in [2.45, 2.75) is 0 Å². The summed E-state index contributed by atoms with van der Waals surface area (Å²) in [5.41, 5.74) is 13.7. The third-order valence-corrected chi connectivity index (χ3v) is 10.9. The molecule has 9 aromatic carbocycles. The fourth-order valence-corrected chi connectivity index (χ4v) is 8.18. The van der Waals surface area contributed by atoms with E-state index in [0.29, 0.717) is 0 Å². The number of hydrogen-bond donors (Lipinski definition) is 0. The third kappa shape index (κ3) is 5.28. The first-order valence-electron chi connectivity index (χ1n) is 18.7. The molecule has 11 rings (SSSR count). The molecule has 0 saturated heterocycles. The lowest BCUT2D eigenvalue weighted by Gasteiger charge is -2.26. The third-order valence-electron chi connectivity index (χ3n) is 10.9. The number of rotatable bonds is 6. The van der Waals surface area contributed by atoms with Gasteiger partial charge in [0, 0.05) is 44.2 Å². The van der Waals surface area contributed by atoms with Crippen LogP contribution in [0, 0.1) is 0 Å². The molecule has 0 aliphatic rings. The summed E-state index contributed by atoms with van der Waals surface area (Å²) in [5, 5.41) is 6.98. The average Bonchev–Trinajstić information content (AvgIpc) is 3.83. The standard InChI is InChI=1S/C52H33NO2/c1-2-9-34(10-3-1)35-17-25-40(26-18-35)53(42-29-21-38(22-30-42)44-14-8-15-46-45-13-6-7-16-48(45)55-52(44)46)41-27-19-36(20-28-41)39-24-31-49-47(33-39)51-43-12-5-4-11-37(43)23-32-50(51)54-49/h1-33H. The van der Waals surface area contributed by atoms with Crippen molar-refractivity contribution in [1.82, 2.24) is 0 Å². The predicted octanol–water partition coefficient (Wildman–Crippen LogP) is 15.1. The lowest BCUT2D eigenvalue weighted by Crippen LogP contribution is -2.09. The number of hydrogen-bond acceptors (Lipinski definition) is 3. The minimum Gasteiger partial charge on any atom is -0.456 e. The Morgan fingerprint density at radius 2 is 0.855 bits per heavy atom.